The molecule has 1 aliphatic heterocycles. The fourth-order valence-corrected chi connectivity index (χ4v) is 1.64. The Morgan fingerprint density at radius 3 is 2.83 bits per heavy atom. The van der Waals surface area contributed by atoms with Crippen LogP contribution >= 0.6 is 0 Å². The van der Waals surface area contributed by atoms with Crippen LogP contribution in [0.2, 0.25) is 0 Å². The molecule has 4 heteroatoms. The number of rotatable bonds is 3. The highest BCUT2D eigenvalue weighted by Gasteiger charge is 2.51. The predicted octanol–water partition coefficient (Wildman–Crippen LogP) is -0.395. The predicted molar refractivity (Wildman–Crippen MR) is 45.1 cm³/mol. The number of hydrogen-bond acceptors (Lipinski definition) is 3. The maximum Gasteiger partial charge on any atom is 0.238 e. The van der Waals surface area contributed by atoms with E-state index in [0.29, 0.717) is 13.0 Å². The molecule has 1 amide bonds. The Morgan fingerprint density at radius 1 is 1.58 bits per heavy atom. The second-order valence-electron chi connectivity index (χ2n) is 3.76. The van der Waals surface area contributed by atoms with Crippen LogP contribution in [0, 0.1) is 0 Å². The molecule has 1 aliphatic carbocycles. The van der Waals surface area contributed by atoms with Crippen molar-refractivity contribution in [3.63, 3.8) is 0 Å². The molecule has 0 unspecified atom stereocenters. The Morgan fingerprint density at radius 2 is 2.33 bits per heavy atom. The lowest BCUT2D eigenvalue weighted by atomic mass is 10.2. The molecule has 2 rings (SSSR count). The molecule has 1 spiro atoms. The third kappa shape index (κ3) is 1.32. The SMILES string of the molecule is NCCCN1NC2(CC2)CC1=O. The number of nitrogens with two attached hydrogens (primary N) is 1. The maximum absolute atomic E-state index is 11.4. The van der Waals surface area contributed by atoms with Crippen LogP contribution in [0.1, 0.15) is 25.7 Å². The summed E-state index contributed by atoms with van der Waals surface area (Å²) in [6.07, 6.45) is 3.88. The van der Waals surface area contributed by atoms with Crippen molar-refractivity contribution in [2.45, 2.75) is 31.2 Å². The van der Waals surface area contributed by atoms with E-state index in [9.17, 15) is 4.79 Å². The molecular weight excluding hydrogens is 154 g/mol. The van der Waals surface area contributed by atoms with Gasteiger partial charge >= 0.3 is 0 Å². The van der Waals surface area contributed by atoms with Crippen molar-refractivity contribution >= 4 is 5.91 Å². The molecule has 0 atom stereocenters. The van der Waals surface area contributed by atoms with Crippen LogP contribution in [0.15, 0.2) is 0 Å². The van der Waals surface area contributed by atoms with E-state index in [-0.39, 0.29) is 11.4 Å². The zero-order valence-corrected chi connectivity index (χ0v) is 7.18. The van der Waals surface area contributed by atoms with Crippen LogP contribution in [0.5, 0.6) is 0 Å². The monoisotopic (exact) mass is 169 g/mol. The Hall–Kier alpha value is -0.610. The van der Waals surface area contributed by atoms with Crippen molar-refractivity contribution < 1.29 is 4.79 Å². The minimum Gasteiger partial charge on any atom is -0.330 e. The van der Waals surface area contributed by atoms with Gasteiger partial charge in [-0.25, -0.2) is 5.43 Å². The van der Waals surface area contributed by atoms with Crippen LogP contribution < -0.4 is 11.2 Å². The molecule has 1 heterocycles. The van der Waals surface area contributed by atoms with Gasteiger partial charge in [0.25, 0.3) is 0 Å². The summed E-state index contributed by atoms with van der Waals surface area (Å²) in [5, 5.41) is 1.74. The van der Waals surface area contributed by atoms with Gasteiger partial charge in [0.15, 0.2) is 0 Å². The molecule has 2 aliphatic rings. The molecule has 2 fully saturated rings. The Labute approximate surface area is 72.1 Å². The van der Waals surface area contributed by atoms with Gasteiger partial charge in [0.2, 0.25) is 5.91 Å². The van der Waals surface area contributed by atoms with Gasteiger partial charge in [-0.1, -0.05) is 0 Å². The summed E-state index contributed by atoms with van der Waals surface area (Å²) in [5.74, 6) is 0.237. The van der Waals surface area contributed by atoms with Crippen molar-refractivity contribution in [1.29, 1.82) is 0 Å². The second-order valence-corrected chi connectivity index (χ2v) is 3.76. The van der Waals surface area contributed by atoms with E-state index in [1.54, 1.807) is 5.01 Å². The van der Waals surface area contributed by atoms with Crippen molar-refractivity contribution in [2.24, 2.45) is 5.73 Å². The Balaban J connectivity index is 1.86. The molecule has 0 aromatic heterocycles. The molecule has 1 saturated heterocycles. The van der Waals surface area contributed by atoms with Gasteiger partial charge in [-0.2, -0.15) is 0 Å². The number of nitrogens with zero attached hydrogens (tertiary/aromatic N) is 1. The van der Waals surface area contributed by atoms with Gasteiger partial charge in [0.1, 0.15) is 0 Å². The van der Waals surface area contributed by atoms with E-state index in [0.717, 1.165) is 25.8 Å². The molecule has 0 radical (unpaired) electrons. The summed E-state index contributed by atoms with van der Waals surface area (Å²) in [6, 6.07) is 0. The lowest BCUT2D eigenvalue weighted by molar-refractivity contribution is -0.129. The summed E-state index contributed by atoms with van der Waals surface area (Å²) in [5.41, 5.74) is 8.80. The number of carbonyl (C=O) groups is 1. The zero-order chi connectivity index (χ0) is 8.60. The van der Waals surface area contributed by atoms with E-state index in [1.165, 1.54) is 0 Å². The maximum atomic E-state index is 11.4. The summed E-state index contributed by atoms with van der Waals surface area (Å²) in [4.78, 5) is 11.4. The number of carbonyl (C=O) groups excluding carboxylic acids is 1. The van der Waals surface area contributed by atoms with Gasteiger partial charge in [0, 0.05) is 18.5 Å². The van der Waals surface area contributed by atoms with E-state index in [4.69, 9.17) is 5.73 Å². The summed E-state index contributed by atoms with van der Waals surface area (Å²) < 4.78 is 0. The molecule has 12 heavy (non-hydrogen) atoms. The first kappa shape index (κ1) is 8.01. The van der Waals surface area contributed by atoms with Crippen LogP contribution in [0.3, 0.4) is 0 Å². The van der Waals surface area contributed by atoms with Crippen LogP contribution in [-0.4, -0.2) is 29.5 Å². The average Bonchev–Trinajstić information content (AvgIpc) is 2.70. The normalized spacial score (nSPS) is 25.4. The molecule has 0 bridgehead atoms. The number of nitrogens with one attached hydrogen (secondary N) is 1. The molecule has 0 aromatic carbocycles. The van der Waals surface area contributed by atoms with Gasteiger partial charge < -0.3 is 5.73 Å². The van der Waals surface area contributed by atoms with Crippen LogP contribution in [0.4, 0.5) is 0 Å². The Kier molecular flexibility index (Phi) is 1.81. The Bertz CT molecular complexity index is 200. The number of amides is 1. The molecule has 1 saturated carbocycles. The summed E-state index contributed by atoms with van der Waals surface area (Å²) >= 11 is 0. The molecule has 4 nitrogen and oxygen atoms in total. The third-order valence-corrected chi connectivity index (χ3v) is 2.60. The van der Waals surface area contributed by atoms with Crippen LogP contribution in [-0.2, 0) is 4.79 Å². The first-order valence-electron chi connectivity index (χ1n) is 4.54. The van der Waals surface area contributed by atoms with Gasteiger partial charge in [-0.15, -0.1) is 0 Å². The van der Waals surface area contributed by atoms with Crippen molar-refractivity contribution in [3.05, 3.63) is 0 Å². The largest absolute Gasteiger partial charge is 0.330 e. The highest BCUT2D eigenvalue weighted by Crippen LogP contribution is 2.42. The van der Waals surface area contributed by atoms with E-state index in [1.807, 2.05) is 0 Å². The molecular formula is C8H15N3O. The van der Waals surface area contributed by atoms with Gasteiger partial charge in [-0.05, 0) is 25.8 Å². The quantitative estimate of drug-likeness (QED) is 0.604. The topological polar surface area (TPSA) is 58.4 Å². The lowest BCUT2D eigenvalue weighted by Gasteiger charge is -2.16. The summed E-state index contributed by atoms with van der Waals surface area (Å²) in [7, 11) is 0. The second kappa shape index (κ2) is 2.71. The molecule has 3 N–H and O–H groups in total. The first-order chi connectivity index (χ1) is 5.76. The van der Waals surface area contributed by atoms with Crippen molar-refractivity contribution in [1.82, 2.24) is 10.4 Å². The van der Waals surface area contributed by atoms with Crippen LogP contribution in [0.25, 0.3) is 0 Å². The smallest absolute Gasteiger partial charge is 0.238 e. The fourth-order valence-electron chi connectivity index (χ4n) is 1.64. The molecule has 0 aromatic rings. The molecule has 68 valence electrons. The van der Waals surface area contributed by atoms with Crippen molar-refractivity contribution in [3.8, 4) is 0 Å². The van der Waals surface area contributed by atoms with E-state index in [2.05, 4.69) is 5.43 Å². The third-order valence-electron chi connectivity index (χ3n) is 2.60. The lowest BCUT2D eigenvalue weighted by Crippen LogP contribution is -2.39. The standard InChI is InChI=1S/C8H15N3O/c9-4-1-5-11-7(12)6-8(10-11)2-3-8/h10H,1-6,9H2. The minimum atomic E-state index is 0.172. The van der Waals surface area contributed by atoms with E-state index >= 15 is 0 Å². The zero-order valence-electron chi connectivity index (χ0n) is 7.18. The van der Waals surface area contributed by atoms with Crippen molar-refractivity contribution in [2.75, 3.05) is 13.1 Å². The van der Waals surface area contributed by atoms with E-state index < -0.39 is 0 Å². The minimum absolute atomic E-state index is 0.172. The summed E-state index contributed by atoms with van der Waals surface area (Å²) in [6.45, 7) is 1.41. The fraction of sp³-hybridized carbons (Fsp3) is 0.875. The number of hydrazine groups is 1. The first-order valence-corrected chi connectivity index (χ1v) is 4.54. The average molecular weight is 169 g/mol. The highest BCUT2D eigenvalue weighted by atomic mass is 16.2. The van der Waals surface area contributed by atoms with Gasteiger partial charge in [-0.3, -0.25) is 9.80 Å². The van der Waals surface area contributed by atoms with Gasteiger partial charge in [0.05, 0.1) is 0 Å². The number of hydrogen-bond donors (Lipinski definition) is 2. The highest BCUT2D eigenvalue weighted by molar-refractivity contribution is 5.80.